The molecule has 0 bridgehead atoms. The van der Waals surface area contributed by atoms with Crippen molar-refractivity contribution in [2.75, 3.05) is 11.9 Å². The van der Waals surface area contributed by atoms with E-state index in [2.05, 4.69) is 25.8 Å². The lowest BCUT2D eigenvalue weighted by Crippen LogP contribution is -2.36. The number of rotatable bonds is 2. The minimum atomic E-state index is -0.112. The van der Waals surface area contributed by atoms with E-state index in [1.807, 2.05) is 0 Å². The second kappa shape index (κ2) is 4.10. The van der Waals surface area contributed by atoms with Gasteiger partial charge in [-0.3, -0.25) is 10.1 Å². The Kier molecular flexibility index (Phi) is 2.64. The molecule has 1 aromatic heterocycles. The normalized spacial score (nSPS) is 20.7. The predicted octanol–water partition coefficient (Wildman–Crippen LogP) is -0.438. The molecule has 1 fully saturated rings. The van der Waals surface area contributed by atoms with Crippen molar-refractivity contribution in [3.63, 3.8) is 0 Å². The highest BCUT2D eigenvalue weighted by Crippen LogP contribution is 2.06. The average Bonchev–Trinajstić information content (AvgIpc) is 2.72. The van der Waals surface area contributed by atoms with Crippen molar-refractivity contribution < 1.29 is 4.79 Å². The second-order valence-corrected chi connectivity index (χ2v) is 3.10. The van der Waals surface area contributed by atoms with Gasteiger partial charge < -0.3 is 5.32 Å². The number of amides is 1. The Morgan fingerprint density at radius 1 is 1.57 bits per heavy atom. The SMILES string of the molecule is O=C(Nc1nccnn1)[C@H]1CCCN1. The number of nitrogens with one attached hydrogen (secondary N) is 2. The molecule has 2 N–H and O–H groups in total. The molecule has 0 unspecified atom stereocenters. The largest absolute Gasteiger partial charge is 0.306 e. The molecule has 74 valence electrons. The maximum Gasteiger partial charge on any atom is 0.249 e. The van der Waals surface area contributed by atoms with Gasteiger partial charge in [-0.05, 0) is 19.4 Å². The Morgan fingerprint density at radius 3 is 3.14 bits per heavy atom. The lowest BCUT2D eigenvalue weighted by atomic mass is 10.2. The summed E-state index contributed by atoms with van der Waals surface area (Å²) in [6.45, 7) is 0.895. The van der Waals surface area contributed by atoms with Crippen molar-refractivity contribution in [1.82, 2.24) is 20.5 Å². The Morgan fingerprint density at radius 2 is 2.50 bits per heavy atom. The summed E-state index contributed by atoms with van der Waals surface area (Å²) in [5.41, 5.74) is 0. The molecular formula is C8H11N5O. The molecule has 1 aliphatic heterocycles. The molecule has 0 radical (unpaired) electrons. The number of hydrogen-bond acceptors (Lipinski definition) is 5. The predicted molar refractivity (Wildman–Crippen MR) is 49.5 cm³/mol. The topological polar surface area (TPSA) is 79.8 Å². The first-order chi connectivity index (χ1) is 6.86. The number of anilines is 1. The molecule has 0 saturated carbocycles. The van der Waals surface area contributed by atoms with E-state index < -0.39 is 0 Å². The molecule has 0 aromatic carbocycles. The molecule has 2 rings (SSSR count). The highest BCUT2D eigenvalue weighted by molar-refractivity contribution is 5.93. The lowest BCUT2D eigenvalue weighted by Gasteiger charge is -2.08. The third-order valence-corrected chi connectivity index (χ3v) is 2.09. The van der Waals surface area contributed by atoms with E-state index in [0.717, 1.165) is 19.4 Å². The molecule has 1 amide bonds. The fourth-order valence-electron chi connectivity index (χ4n) is 1.41. The summed E-state index contributed by atoms with van der Waals surface area (Å²) in [5.74, 6) is 0.168. The van der Waals surface area contributed by atoms with Crippen LogP contribution in [0.25, 0.3) is 0 Å². The summed E-state index contributed by atoms with van der Waals surface area (Å²) in [4.78, 5) is 15.4. The quantitative estimate of drug-likeness (QED) is 0.665. The zero-order chi connectivity index (χ0) is 9.80. The summed E-state index contributed by atoms with van der Waals surface area (Å²) in [7, 11) is 0. The summed E-state index contributed by atoms with van der Waals surface area (Å²) in [5, 5.41) is 13.0. The molecule has 14 heavy (non-hydrogen) atoms. The van der Waals surface area contributed by atoms with Crippen LogP contribution in [0.15, 0.2) is 12.4 Å². The van der Waals surface area contributed by atoms with Crippen molar-refractivity contribution >= 4 is 11.9 Å². The van der Waals surface area contributed by atoms with Crippen LogP contribution in [-0.2, 0) is 4.79 Å². The first kappa shape index (κ1) is 9.01. The van der Waals surface area contributed by atoms with Crippen LogP contribution in [0.3, 0.4) is 0 Å². The van der Waals surface area contributed by atoms with Gasteiger partial charge in [-0.15, -0.1) is 5.10 Å². The molecule has 1 aliphatic rings. The molecule has 0 aliphatic carbocycles. The van der Waals surface area contributed by atoms with E-state index in [1.165, 1.54) is 12.4 Å². The average molecular weight is 193 g/mol. The van der Waals surface area contributed by atoms with Gasteiger partial charge in [0.05, 0.1) is 18.4 Å². The maximum atomic E-state index is 11.5. The fraction of sp³-hybridized carbons (Fsp3) is 0.500. The van der Waals surface area contributed by atoms with Crippen LogP contribution in [0.5, 0.6) is 0 Å². The summed E-state index contributed by atoms with van der Waals surface area (Å²) in [6, 6.07) is -0.112. The van der Waals surface area contributed by atoms with Crippen molar-refractivity contribution in [1.29, 1.82) is 0 Å². The van der Waals surface area contributed by atoms with Crippen molar-refractivity contribution in [3.05, 3.63) is 12.4 Å². The van der Waals surface area contributed by atoms with Gasteiger partial charge in [-0.25, -0.2) is 4.98 Å². The van der Waals surface area contributed by atoms with E-state index in [1.54, 1.807) is 0 Å². The van der Waals surface area contributed by atoms with E-state index >= 15 is 0 Å². The molecule has 1 saturated heterocycles. The minimum Gasteiger partial charge on any atom is -0.306 e. The zero-order valence-electron chi connectivity index (χ0n) is 7.60. The lowest BCUT2D eigenvalue weighted by molar-refractivity contribution is -0.117. The highest BCUT2D eigenvalue weighted by atomic mass is 16.2. The Balaban J connectivity index is 1.94. The van der Waals surface area contributed by atoms with E-state index in [9.17, 15) is 4.79 Å². The molecule has 1 atom stereocenters. The van der Waals surface area contributed by atoms with Crippen LogP contribution in [0.1, 0.15) is 12.8 Å². The van der Waals surface area contributed by atoms with Crippen LogP contribution < -0.4 is 10.6 Å². The molecule has 0 spiro atoms. The van der Waals surface area contributed by atoms with Crippen LogP contribution in [0.4, 0.5) is 5.95 Å². The van der Waals surface area contributed by atoms with Gasteiger partial charge in [0, 0.05) is 0 Å². The van der Waals surface area contributed by atoms with Gasteiger partial charge in [-0.2, -0.15) is 5.10 Å². The van der Waals surface area contributed by atoms with E-state index in [4.69, 9.17) is 0 Å². The number of carbonyl (C=O) groups is 1. The number of aromatic nitrogens is 3. The minimum absolute atomic E-state index is 0.0875. The monoisotopic (exact) mass is 193 g/mol. The Hall–Kier alpha value is -1.56. The summed E-state index contributed by atoms with van der Waals surface area (Å²) < 4.78 is 0. The smallest absolute Gasteiger partial charge is 0.249 e. The number of nitrogens with zero attached hydrogens (tertiary/aromatic N) is 3. The maximum absolute atomic E-state index is 11.5. The molecule has 1 aromatic rings. The van der Waals surface area contributed by atoms with Crippen molar-refractivity contribution in [3.8, 4) is 0 Å². The van der Waals surface area contributed by atoms with Crippen molar-refractivity contribution in [2.24, 2.45) is 0 Å². The molecule has 2 heterocycles. The zero-order valence-corrected chi connectivity index (χ0v) is 7.60. The summed E-state index contributed by atoms with van der Waals surface area (Å²) in [6.07, 6.45) is 4.85. The molecule has 6 nitrogen and oxygen atoms in total. The second-order valence-electron chi connectivity index (χ2n) is 3.10. The third kappa shape index (κ3) is 2.02. The first-order valence-corrected chi connectivity index (χ1v) is 4.54. The molecular weight excluding hydrogens is 182 g/mol. The standard InChI is InChI=1S/C8H11N5O/c14-7(6-2-1-3-9-6)12-8-10-4-5-11-13-8/h4-6,9H,1-3H2,(H,10,12,13,14)/t6-/m1/s1. The third-order valence-electron chi connectivity index (χ3n) is 2.09. The number of hydrogen-bond donors (Lipinski definition) is 2. The van der Waals surface area contributed by atoms with Crippen LogP contribution in [0, 0.1) is 0 Å². The Bertz CT molecular complexity index is 309. The highest BCUT2D eigenvalue weighted by Gasteiger charge is 2.22. The van der Waals surface area contributed by atoms with Gasteiger partial charge in [0.1, 0.15) is 0 Å². The number of carbonyl (C=O) groups excluding carboxylic acids is 1. The van der Waals surface area contributed by atoms with Crippen LogP contribution >= 0.6 is 0 Å². The van der Waals surface area contributed by atoms with Gasteiger partial charge in [0.15, 0.2) is 0 Å². The van der Waals surface area contributed by atoms with Gasteiger partial charge >= 0.3 is 0 Å². The van der Waals surface area contributed by atoms with Gasteiger partial charge in [0.2, 0.25) is 11.9 Å². The van der Waals surface area contributed by atoms with Crippen molar-refractivity contribution in [2.45, 2.75) is 18.9 Å². The van der Waals surface area contributed by atoms with E-state index in [-0.39, 0.29) is 17.9 Å². The van der Waals surface area contributed by atoms with Gasteiger partial charge in [0.25, 0.3) is 0 Å². The first-order valence-electron chi connectivity index (χ1n) is 4.54. The van der Waals surface area contributed by atoms with Crippen LogP contribution in [0.2, 0.25) is 0 Å². The van der Waals surface area contributed by atoms with E-state index in [0.29, 0.717) is 0 Å². The van der Waals surface area contributed by atoms with Crippen LogP contribution in [-0.4, -0.2) is 33.7 Å². The van der Waals surface area contributed by atoms with Gasteiger partial charge in [-0.1, -0.05) is 0 Å². The Labute approximate surface area is 81.1 Å². The molecule has 6 heteroatoms. The summed E-state index contributed by atoms with van der Waals surface area (Å²) >= 11 is 0. The fourth-order valence-corrected chi connectivity index (χ4v) is 1.41.